The third-order valence-corrected chi connectivity index (χ3v) is 1.96. The number of hydrogen-bond donors (Lipinski definition) is 0. The highest BCUT2D eigenvalue weighted by Crippen LogP contribution is 2.43. The predicted octanol–water partition coefficient (Wildman–Crippen LogP) is 3.88. The Morgan fingerprint density at radius 2 is 1.11 bits per heavy atom. The molecule has 0 aliphatic heterocycles. The molecule has 0 aliphatic rings. The molecular formula is C3H6F4P2. The van der Waals surface area contributed by atoms with Gasteiger partial charge < -0.3 is 0 Å². The van der Waals surface area contributed by atoms with Crippen LogP contribution in [0.1, 0.15) is 6.42 Å². The third kappa shape index (κ3) is 8.58. The lowest BCUT2D eigenvalue weighted by atomic mass is 10.6. The molecule has 0 radical (unpaired) electrons. The van der Waals surface area contributed by atoms with Crippen molar-refractivity contribution in [2.75, 3.05) is 12.3 Å². The molecule has 6 heteroatoms. The largest absolute Gasteiger partial charge is 0.266 e. The summed E-state index contributed by atoms with van der Waals surface area (Å²) in [5, 5.41) is 0. The van der Waals surface area contributed by atoms with Crippen molar-refractivity contribution in [1.82, 2.24) is 0 Å². The van der Waals surface area contributed by atoms with Gasteiger partial charge in [0.25, 0.3) is 17.1 Å². The Kier molecular flexibility index (Phi) is 5.72. The lowest BCUT2D eigenvalue weighted by molar-refractivity contribution is 0.719. The van der Waals surface area contributed by atoms with Gasteiger partial charge in [0, 0.05) is 12.3 Å². The molecule has 0 aromatic rings. The molecule has 0 N–H and O–H groups in total. The van der Waals surface area contributed by atoms with E-state index < -0.39 is 17.1 Å². The van der Waals surface area contributed by atoms with Gasteiger partial charge in [0.1, 0.15) is 0 Å². The van der Waals surface area contributed by atoms with Crippen LogP contribution in [0.5, 0.6) is 0 Å². The standard InChI is InChI=1S/C3H6F4P2/c4-8(5)2-1-3-9(6)7/h1-3H2. The molecule has 0 spiro atoms. The molecular weight excluding hydrogens is 174 g/mol. The van der Waals surface area contributed by atoms with E-state index in [0.717, 1.165) is 0 Å². The van der Waals surface area contributed by atoms with E-state index in [-0.39, 0.29) is 18.7 Å². The van der Waals surface area contributed by atoms with Crippen molar-refractivity contribution in [3.8, 4) is 0 Å². The molecule has 0 atom stereocenters. The zero-order chi connectivity index (χ0) is 7.28. The second-order valence-corrected chi connectivity index (χ2v) is 3.51. The van der Waals surface area contributed by atoms with Crippen LogP contribution < -0.4 is 0 Å². The first-order chi connectivity index (χ1) is 4.13. The highest BCUT2D eigenvalue weighted by atomic mass is 31.2. The van der Waals surface area contributed by atoms with E-state index in [1.54, 1.807) is 0 Å². The zero-order valence-electron chi connectivity index (χ0n) is 4.53. The lowest BCUT2D eigenvalue weighted by Gasteiger charge is -1.95. The van der Waals surface area contributed by atoms with Gasteiger partial charge in [-0.15, -0.1) is 0 Å². The lowest BCUT2D eigenvalue weighted by Crippen LogP contribution is -1.80. The Labute approximate surface area is 53.6 Å². The van der Waals surface area contributed by atoms with Crippen LogP contribution >= 0.6 is 17.1 Å². The Hall–Kier alpha value is 0.580. The molecule has 9 heavy (non-hydrogen) atoms. The first kappa shape index (κ1) is 9.58. The minimum Gasteiger partial charge on any atom is -0.189 e. The summed E-state index contributed by atoms with van der Waals surface area (Å²) in [6, 6.07) is 0. The van der Waals surface area contributed by atoms with Gasteiger partial charge in [0.2, 0.25) is 0 Å². The van der Waals surface area contributed by atoms with Crippen molar-refractivity contribution in [1.29, 1.82) is 0 Å². The average Bonchev–Trinajstić information content (AvgIpc) is 1.63. The van der Waals surface area contributed by atoms with E-state index in [0.29, 0.717) is 0 Å². The van der Waals surface area contributed by atoms with Crippen LogP contribution in [0.15, 0.2) is 0 Å². The molecule has 0 aromatic heterocycles. The molecule has 0 unspecified atom stereocenters. The molecule has 0 bridgehead atoms. The molecule has 0 saturated carbocycles. The smallest absolute Gasteiger partial charge is 0.189 e. The average molecular weight is 180 g/mol. The molecule has 0 amide bonds. The van der Waals surface area contributed by atoms with Crippen molar-refractivity contribution in [3.05, 3.63) is 0 Å². The molecule has 0 heterocycles. The zero-order valence-corrected chi connectivity index (χ0v) is 6.32. The second kappa shape index (κ2) is 5.37. The van der Waals surface area contributed by atoms with Gasteiger partial charge in [0.15, 0.2) is 0 Å². The molecule has 0 fully saturated rings. The van der Waals surface area contributed by atoms with Gasteiger partial charge in [-0.1, -0.05) is 0 Å². The van der Waals surface area contributed by atoms with Gasteiger partial charge in [-0.05, 0) is 6.42 Å². The summed E-state index contributed by atoms with van der Waals surface area (Å²) in [6.07, 6.45) is -0.693. The van der Waals surface area contributed by atoms with E-state index in [4.69, 9.17) is 0 Å². The summed E-state index contributed by atoms with van der Waals surface area (Å²) in [4.78, 5) is 0. The predicted molar refractivity (Wildman–Crippen MR) is 32.6 cm³/mol. The maximum atomic E-state index is 11.3. The minimum absolute atomic E-state index is 0.0303. The van der Waals surface area contributed by atoms with E-state index in [9.17, 15) is 16.8 Å². The monoisotopic (exact) mass is 180 g/mol. The topological polar surface area (TPSA) is 0 Å². The van der Waals surface area contributed by atoms with E-state index in [2.05, 4.69) is 0 Å². The van der Waals surface area contributed by atoms with Crippen LogP contribution in [0.4, 0.5) is 16.8 Å². The fraction of sp³-hybridized carbons (Fsp3) is 1.00. The van der Waals surface area contributed by atoms with E-state index in [1.807, 2.05) is 0 Å². The molecule has 0 nitrogen and oxygen atoms in total. The quantitative estimate of drug-likeness (QED) is 0.454. The van der Waals surface area contributed by atoms with Gasteiger partial charge in [0.05, 0.1) is 0 Å². The minimum atomic E-state index is -2.95. The fourth-order valence-electron chi connectivity index (χ4n) is 0.310. The van der Waals surface area contributed by atoms with Crippen molar-refractivity contribution < 1.29 is 16.8 Å². The number of rotatable bonds is 4. The van der Waals surface area contributed by atoms with Crippen LogP contribution in [-0.2, 0) is 0 Å². The maximum Gasteiger partial charge on any atom is 0.266 e. The first-order valence-corrected chi connectivity index (χ1v) is 4.93. The second-order valence-electron chi connectivity index (χ2n) is 1.41. The van der Waals surface area contributed by atoms with Gasteiger partial charge in [-0.2, -0.15) is 16.8 Å². The number of hydrogen-bond acceptors (Lipinski definition) is 0. The SMILES string of the molecule is FP(F)CCCP(F)F. The molecule has 56 valence electrons. The van der Waals surface area contributed by atoms with Gasteiger partial charge >= 0.3 is 0 Å². The highest BCUT2D eigenvalue weighted by molar-refractivity contribution is 7.47. The fourth-order valence-corrected chi connectivity index (χ4v) is 1.35. The summed E-state index contributed by atoms with van der Waals surface area (Å²) in [5.41, 5.74) is 0. The Morgan fingerprint density at radius 3 is 1.33 bits per heavy atom. The summed E-state index contributed by atoms with van der Waals surface area (Å²) in [5.74, 6) is 0. The van der Waals surface area contributed by atoms with E-state index in [1.165, 1.54) is 0 Å². The first-order valence-electron chi connectivity index (χ1n) is 2.31. The summed E-state index contributed by atoms with van der Waals surface area (Å²) < 4.78 is 45.2. The van der Waals surface area contributed by atoms with E-state index >= 15 is 0 Å². The van der Waals surface area contributed by atoms with Crippen molar-refractivity contribution in [3.63, 3.8) is 0 Å². The molecule has 0 rings (SSSR count). The van der Waals surface area contributed by atoms with Crippen LogP contribution in [0, 0.1) is 0 Å². The van der Waals surface area contributed by atoms with Crippen molar-refractivity contribution in [2.45, 2.75) is 6.42 Å². The highest BCUT2D eigenvalue weighted by Gasteiger charge is 2.07. The van der Waals surface area contributed by atoms with Crippen molar-refractivity contribution >= 4 is 17.1 Å². The van der Waals surface area contributed by atoms with Crippen molar-refractivity contribution in [2.24, 2.45) is 0 Å². The van der Waals surface area contributed by atoms with Gasteiger partial charge in [-0.25, -0.2) is 0 Å². The Morgan fingerprint density at radius 1 is 0.778 bits per heavy atom. The summed E-state index contributed by atoms with van der Waals surface area (Å²) in [7, 11) is -5.91. The van der Waals surface area contributed by atoms with Gasteiger partial charge in [-0.3, -0.25) is 0 Å². The van der Waals surface area contributed by atoms with Crippen LogP contribution in [-0.4, -0.2) is 12.3 Å². The third-order valence-electron chi connectivity index (χ3n) is 0.654. The summed E-state index contributed by atoms with van der Waals surface area (Å²) in [6.45, 7) is 0. The molecule has 0 aliphatic carbocycles. The molecule has 0 saturated heterocycles. The molecule has 0 aromatic carbocycles. The maximum absolute atomic E-state index is 11.3. The van der Waals surface area contributed by atoms with Crippen LogP contribution in [0.25, 0.3) is 0 Å². The van der Waals surface area contributed by atoms with Crippen LogP contribution in [0.3, 0.4) is 0 Å². The normalized spacial score (nSPS) is 11.3. The Balaban J connectivity index is 2.91. The Bertz CT molecular complexity index is 58.8. The number of halogens is 4. The van der Waals surface area contributed by atoms with Crippen LogP contribution in [0.2, 0.25) is 0 Å². The summed E-state index contributed by atoms with van der Waals surface area (Å²) >= 11 is 0.